The van der Waals surface area contributed by atoms with E-state index in [9.17, 15) is 38.1 Å². The third-order valence-corrected chi connectivity index (χ3v) is 6.60. The van der Waals surface area contributed by atoms with E-state index in [4.69, 9.17) is 23.2 Å². The largest absolute Gasteiger partial charge is 0.420 e. The molecule has 33 heavy (non-hydrogen) atoms. The quantitative estimate of drug-likeness (QED) is 0.531. The summed E-state index contributed by atoms with van der Waals surface area (Å²) in [7, 11) is 0. The lowest BCUT2D eigenvalue weighted by atomic mass is 9.84. The van der Waals surface area contributed by atoms with Crippen molar-refractivity contribution in [1.29, 1.82) is 0 Å². The minimum atomic E-state index is -4.81. The van der Waals surface area contributed by atoms with Crippen molar-refractivity contribution in [2.24, 2.45) is 0 Å². The van der Waals surface area contributed by atoms with Gasteiger partial charge in [0.2, 0.25) is 11.7 Å². The van der Waals surface area contributed by atoms with Gasteiger partial charge in [0.15, 0.2) is 17.1 Å². The number of piperazine rings is 1. The Bertz CT molecular complexity index is 1140. The first-order valence-electron chi connectivity index (χ1n) is 9.97. The molecule has 14 heteroatoms. The number of aromatic nitrogens is 2. The first-order chi connectivity index (χ1) is 15.3. The Morgan fingerprint density at radius 3 is 2.39 bits per heavy atom. The maximum absolute atomic E-state index is 13.4. The van der Waals surface area contributed by atoms with Crippen molar-refractivity contribution in [3.8, 4) is 0 Å². The van der Waals surface area contributed by atoms with Gasteiger partial charge in [0.05, 0.1) is 5.02 Å². The number of fused-ring (bicyclic) bond motifs is 1. The van der Waals surface area contributed by atoms with Gasteiger partial charge >= 0.3 is 6.18 Å². The van der Waals surface area contributed by atoms with Crippen molar-refractivity contribution in [3.63, 3.8) is 0 Å². The molecule has 180 valence electrons. The van der Waals surface area contributed by atoms with E-state index in [2.05, 4.69) is 4.98 Å². The van der Waals surface area contributed by atoms with E-state index >= 15 is 0 Å². The lowest BCUT2D eigenvalue weighted by molar-refractivity contribution is -0.335. The lowest BCUT2D eigenvalue weighted by Crippen LogP contribution is -2.71. The molecule has 0 aromatic carbocycles. The topological polar surface area (TPSA) is 119 Å². The second-order valence-electron chi connectivity index (χ2n) is 8.13. The molecule has 0 bridgehead atoms. The molecule has 3 N–H and O–H groups in total. The smallest absolute Gasteiger partial charge is 0.366 e. The molecule has 4 rings (SSSR count). The van der Waals surface area contributed by atoms with Crippen molar-refractivity contribution in [2.45, 2.75) is 43.4 Å². The van der Waals surface area contributed by atoms with E-state index in [1.165, 1.54) is 0 Å². The third-order valence-electron chi connectivity index (χ3n) is 6.03. The Kier molecular flexibility index (Phi) is 5.81. The van der Waals surface area contributed by atoms with Gasteiger partial charge in [0.25, 0.3) is 5.91 Å². The lowest BCUT2D eigenvalue weighted by Gasteiger charge is -2.51. The van der Waals surface area contributed by atoms with Crippen LogP contribution in [0.3, 0.4) is 0 Å². The molecule has 1 atom stereocenters. The molecule has 1 aliphatic carbocycles. The van der Waals surface area contributed by atoms with E-state index in [1.807, 2.05) is 0 Å². The molecule has 2 fully saturated rings. The third kappa shape index (κ3) is 3.93. The second kappa shape index (κ2) is 7.98. The Labute approximate surface area is 194 Å². The Balaban J connectivity index is 1.62. The van der Waals surface area contributed by atoms with E-state index in [0.29, 0.717) is 18.9 Å². The molecular formula is C19H19Cl2F3N4O5. The van der Waals surface area contributed by atoms with Crippen molar-refractivity contribution in [2.75, 3.05) is 19.6 Å². The molecule has 3 heterocycles. The van der Waals surface area contributed by atoms with Crippen LogP contribution < -0.4 is 0 Å². The van der Waals surface area contributed by atoms with Crippen LogP contribution in [0.25, 0.3) is 5.65 Å². The highest BCUT2D eigenvalue weighted by Gasteiger charge is 2.56. The molecule has 1 aliphatic heterocycles. The van der Waals surface area contributed by atoms with Gasteiger partial charge in [-0.2, -0.15) is 13.2 Å². The summed E-state index contributed by atoms with van der Waals surface area (Å²) in [5.74, 6) is -4.16. The fourth-order valence-electron chi connectivity index (χ4n) is 4.31. The number of nitrogens with zero attached hydrogens (tertiary/aromatic N) is 4. The molecule has 2 aromatic rings. The molecule has 2 aromatic heterocycles. The average Bonchev–Trinajstić information content (AvgIpc) is 3.04. The highest BCUT2D eigenvalue weighted by molar-refractivity contribution is 6.33. The summed E-state index contributed by atoms with van der Waals surface area (Å²) in [6.45, 7) is -0.928. The molecule has 0 radical (unpaired) electrons. The van der Waals surface area contributed by atoms with Gasteiger partial charge in [0, 0.05) is 32.1 Å². The van der Waals surface area contributed by atoms with Crippen LogP contribution in [0, 0.1) is 0 Å². The Morgan fingerprint density at radius 2 is 1.79 bits per heavy atom. The van der Waals surface area contributed by atoms with Gasteiger partial charge in [-0.05, 0) is 18.9 Å². The number of rotatable bonds is 2. The summed E-state index contributed by atoms with van der Waals surface area (Å²) in [6.07, 6.45) is -2.98. The number of carbonyl (C=O) groups is 2. The van der Waals surface area contributed by atoms with E-state index in [-0.39, 0.29) is 31.0 Å². The fourth-order valence-corrected chi connectivity index (χ4v) is 4.77. The number of alkyl halides is 3. The van der Waals surface area contributed by atoms with Crippen molar-refractivity contribution in [3.05, 3.63) is 33.7 Å². The maximum Gasteiger partial charge on any atom is 0.420 e. The van der Waals surface area contributed by atoms with E-state index in [1.54, 1.807) is 0 Å². The summed E-state index contributed by atoms with van der Waals surface area (Å²) in [5, 5.41) is 30.7. The van der Waals surface area contributed by atoms with Crippen LogP contribution >= 0.6 is 23.2 Å². The number of carbonyl (C=O) groups excluding carboxylic acids is 2. The average molecular weight is 511 g/mol. The molecule has 1 unspecified atom stereocenters. The summed E-state index contributed by atoms with van der Waals surface area (Å²) < 4.78 is 41.0. The summed E-state index contributed by atoms with van der Waals surface area (Å²) >= 11 is 11.9. The van der Waals surface area contributed by atoms with Crippen molar-refractivity contribution < 1.29 is 38.1 Å². The first kappa shape index (κ1) is 24.0. The molecular weight excluding hydrogens is 492 g/mol. The van der Waals surface area contributed by atoms with Crippen LogP contribution in [-0.4, -0.2) is 77.5 Å². The monoisotopic (exact) mass is 510 g/mol. The van der Waals surface area contributed by atoms with Crippen LogP contribution in [0.5, 0.6) is 0 Å². The normalized spacial score (nSPS) is 23.9. The SMILES string of the molecule is O=C(c1nc2c(C(F)(F)F)cc(Cl)cn2c1Cl)N1CCN(C2(O)CCCCC2(O)O)C(=O)C1. The zero-order valence-corrected chi connectivity index (χ0v) is 18.5. The van der Waals surface area contributed by atoms with E-state index in [0.717, 1.165) is 20.4 Å². The number of amides is 2. The molecule has 2 aliphatic rings. The fraction of sp³-hybridized carbons (Fsp3) is 0.526. The molecule has 1 saturated heterocycles. The number of hydrogen-bond donors (Lipinski definition) is 3. The van der Waals surface area contributed by atoms with Crippen LogP contribution in [0.1, 0.15) is 41.7 Å². The molecule has 0 spiro atoms. The summed E-state index contributed by atoms with van der Waals surface area (Å²) in [5.41, 5.74) is -4.51. The number of imidazole rings is 1. The van der Waals surface area contributed by atoms with Gasteiger partial charge in [-0.25, -0.2) is 4.98 Å². The van der Waals surface area contributed by atoms with Gasteiger partial charge in [-0.15, -0.1) is 0 Å². The zero-order valence-electron chi connectivity index (χ0n) is 16.9. The van der Waals surface area contributed by atoms with Crippen LogP contribution in [0.4, 0.5) is 13.2 Å². The highest BCUT2D eigenvalue weighted by atomic mass is 35.5. The maximum atomic E-state index is 13.4. The first-order valence-corrected chi connectivity index (χ1v) is 10.7. The van der Waals surface area contributed by atoms with Gasteiger partial charge < -0.3 is 25.1 Å². The Morgan fingerprint density at radius 1 is 1.12 bits per heavy atom. The molecule has 1 saturated carbocycles. The molecule has 9 nitrogen and oxygen atoms in total. The number of pyridine rings is 1. The van der Waals surface area contributed by atoms with E-state index < -0.39 is 58.1 Å². The highest BCUT2D eigenvalue weighted by Crippen LogP contribution is 2.39. The van der Waals surface area contributed by atoms with Gasteiger partial charge in [-0.3, -0.25) is 14.0 Å². The van der Waals surface area contributed by atoms with Gasteiger partial charge in [-0.1, -0.05) is 23.2 Å². The summed E-state index contributed by atoms with van der Waals surface area (Å²) in [4.78, 5) is 31.4. The predicted octanol–water partition coefficient (Wildman–Crippen LogP) is 1.89. The Hall–Kier alpha value is -2.12. The van der Waals surface area contributed by atoms with Crippen molar-refractivity contribution >= 4 is 40.7 Å². The number of aliphatic hydroxyl groups is 3. The minimum Gasteiger partial charge on any atom is -0.366 e. The van der Waals surface area contributed by atoms with Crippen LogP contribution in [0.2, 0.25) is 10.2 Å². The van der Waals surface area contributed by atoms with Gasteiger partial charge in [0.1, 0.15) is 17.3 Å². The summed E-state index contributed by atoms with van der Waals surface area (Å²) in [6, 6.07) is 0.664. The van der Waals surface area contributed by atoms with Crippen molar-refractivity contribution in [1.82, 2.24) is 19.2 Å². The number of hydrogen-bond acceptors (Lipinski definition) is 6. The molecule has 2 amide bonds. The van der Waals surface area contributed by atoms with Crippen LogP contribution in [-0.2, 0) is 11.0 Å². The minimum absolute atomic E-state index is 0.0566. The predicted molar refractivity (Wildman–Crippen MR) is 108 cm³/mol. The zero-order chi connectivity index (χ0) is 24.3. The second-order valence-corrected chi connectivity index (χ2v) is 8.92. The number of halogens is 5. The standard InChI is InChI=1S/C19H19Cl2F3N4O5/c20-10-7-11(19(22,23)24)15-25-13(14(21)27(15)8-10)16(30)26-5-6-28(12(29)9-26)17(31)3-1-2-4-18(17,32)33/h7-8,31-33H,1-6,9H2. The van der Waals surface area contributed by atoms with Crippen LogP contribution in [0.15, 0.2) is 12.3 Å².